The molecule has 0 spiro atoms. The summed E-state index contributed by atoms with van der Waals surface area (Å²) in [6.07, 6.45) is 0.397. The number of nitrogens with zero attached hydrogens (tertiary/aromatic N) is 1. The lowest BCUT2D eigenvalue weighted by atomic mass is 10.3. The summed E-state index contributed by atoms with van der Waals surface area (Å²) in [5, 5.41) is 12.8. The van der Waals surface area contributed by atoms with E-state index in [2.05, 4.69) is 5.32 Å². The fourth-order valence-electron chi connectivity index (χ4n) is 1.40. The van der Waals surface area contributed by atoms with E-state index in [1.165, 1.54) is 16.2 Å². The van der Waals surface area contributed by atoms with Gasteiger partial charge in [-0.2, -0.15) is 0 Å². The first-order chi connectivity index (χ1) is 9.00. The van der Waals surface area contributed by atoms with Gasteiger partial charge in [0.05, 0.1) is 11.4 Å². The van der Waals surface area contributed by atoms with Gasteiger partial charge in [0.15, 0.2) is 0 Å². The van der Waals surface area contributed by atoms with Gasteiger partial charge in [-0.3, -0.25) is 14.4 Å². The molecule has 1 aromatic heterocycles. The zero-order valence-electron chi connectivity index (χ0n) is 10.6. The lowest BCUT2D eigenvalue weighted by molar-refractivity contribution is -0.137. The van der Waals surface area contributed by atoms with Gasteiger partial charge in [-0.05, 0) is 17.9 Å². The Balaban J connectivity index is 2.28. The Kier molecular flexibility index (Phi) is 6.01. The first-order valence-electron chi connectivity index (χ1n) is 5.78. The van der Waals surface area contributed by atoms with Gasteiger partial charge in [-0.25, -0.2) is 0 Å². The van der Waals surface area contributed by atoms with Crippen LogP contribution in [-0.2, 0) is 9.59 Å². The molecule has 104 valence electrons. The highest BCUT2D eigenvalue weighted by molar-refractivity contribution is 7.12. The minimum atomic E-state index is -0.890. The van der Waals surface area contributed by atoms with E-state index in [0.717, 1.165) is 0 Å². The van der Waals surface area contributed by atoms with Crippen LogP contribution in [0, 0.1) is 0 Å². The monoisotopic (exact) mass is 284 g/mol. The molecule has 6 nitrogen and oxygen atoms in total. The van der Waals surface area contributed by atoms with Crippen LogP contribution in [0.25, 0.3) is 0 Å². The van der Waals surface area contributed by atoms with Crippen molar-refractivity contribution in [2.45, 2.75) is 12.8 Å². The summed E-state index contributed by atoms with van der Waals surface area (Å²) >= 11 is 1.32. The minimum absolute atomic E-state index is 0.0181. The van der Waals surface area contributed by atoms with E-state index >= 15 is 0 Å². The minimum Gasteiger partial charge on any atom is -0.481 e. The molecule has 0 aliphatic carbocycles. The molecule has 0 fully saturated rings. The van der Waals surface area contributed by atoms with Gasteiger partial charge < -0.3 is 15.3 Å². The van der Waals surface area contributed by atoms with E-state index < -0.39 is 5.97 Å². The molecule has 1 rings (SSSR count). The summed E-state index contributed by atoms with van der Waals surface area (Å²) in [7, 11) is 1.55. The molecule has 0 aliphatic rings. The zero-order chi connectivity index (χ0) is 14.3. The molecule has 0 saturated heterocycles. The summed E-state index contributed by atoms with van der Waals surface area (Å²) in [4.78, 5) is 35.6. The summed E-state index contributed by atoms with van der Waals surface area (Å²) in [6, 6.07) is 3.48. The number of carboxylic acids is 1. The third-order valence-corrected chi connectivity index (χ3v) is 3.21. The number of hydrogen-bond acceptors (Lipinski definition) is 4. The Hall–Kier alpha value is -1.89. The van der Waals surface area contributed by atoms with Crippen molar-refractivity contribution in [3.05, 3.63) is 22.4 Å². The molecule has 0 aliphatic heterocycles. The molecule has 1 heterocycles. The number of hydrogen-bond donors (Lipinski definition) is 2. The maximum absolute atomic E-state index is 11.8. The van der Waals surface area contributed by atoms with Crippen molar-refractivity contribution < 1.29 is 19.5 Å². The van der Waals surface area contributed by atoms with Gasteiger partial charge in [0, 0.05) is 20.0 Å². The van der Waals surface area contributed by atoms with Gasteiger partial charge in [0.25, 0.3) is 5.91 Å². The third kappa shape index (κ3) is 5.52. The van der Waals surface area contributed by atoms with Crippen LogP contribution in [-0.4, -0.2) is 47.9 Å². The molecule has 2 N–H and O–H groups in total. The number of carbonyl (C=O) groups is 3. The van der Waals surface area contributed by atoms with Gasteiger partial charge >= 0.3 is 5.97 Å². The first-order valence-corrected chi connectivity index (χ1v) is 6.66. The zero-order valence-corrected chi connectivity index (χ0v) is 11.4. The lowest BCUT2D eigenvalue weighted by Gasteiger charge is -2.15. The number of carboxylic acid groups (broad SMARTS) is 1. The predicted octanol–water partition coefficient (Wildman–Crippen LogP) is 0.801. The number of thiophene rings is 1. The highest BCUT2D eigenvalue weighted by Gasteiger charge is 2.15. The van der Waals surface area contributed by atoms with Crippen LogP contribution in [0.3, 0.4) is 0 Å². The Labute approximate surface area is 115 Å². The van der Waals surface area contributed by atoms with Crippen molar-refractivity contribution in [3.63, 3.8) is 0 Å². The van der Waals surface area contributed by atoms with Crippen molar-refractivity contribution in [2.75, 3.05) is 20.1 Å². The van der Waals surface area contributed by atoms with Crippen LogP contribution < -0.4 is 5.32 Å². The molecule has 2 amide bonds. The van der Waals surface area contributed by atoms with Gasteiger partial charge in [-0.1, -0.05) is 6.07 Å². The molecule has 0 aromatic carbocycles. The Morgan fingerprint density at radius 2 is 2.16 bits per heavy atom. The van der Waals surface area contributed by atoms with Crippen molar-refractivity contribution >= 4 is 29.1 Å². The SMILES string of the molecule is CN(CC(=O)NCCCC(=O)O)C(=O)c1cccs1. The van der Waals surface area contributed by atoms with Crippen LogP contribution in [0.15, 0.2) is 17.5 Å². The number of likely N-dealkylation sites (N-methyl/N-ethyl adjacent to an activating group) is 1. The molecule has 0 atom stereocenters. The molecule has 19 heavy (non-hydrogen) atoms. The Morgan fingerprint density at radius 3 is 2.74 bits per heavy atom. The van der Waals surface area contributed by atoms with Crippen LogP contribution in [0.1, 0.15) is 22.5 Å². The molecular weight excluding hydrogens is 268 g/mol. The maximum Gasteiger partial charge on any atom is 0.303 e. The van der Waals surface area contributed by atoms with E-state index in [1.807, 2.05) is 0 Å². The third-order valence-electron chi connectivity index (χ3n) is 2.35. The Bertz CT molecular complexity index is 445. The average Bonchev–Trinajstić information content (AvgIpc) is 2.87. The van der Waals surface area contributed by atoms with E-state index in [1.54, 1.807) is 24.6 Å². The molecular formula is C12H16N2O4S. The fourth-order valence-corrected chi connectivity index (χ4v) is 2.12. The number of carbonyl (C=O) groups excluding carboxylic acids is 2. The molecule has 0 bridgehead atoms. The highest BCUT2D eigenvalue weighted by atomic mass is 32.1. The number of rotatable bonds is 7. The van der Waals surface area contributed by atoms with Crippen LogP contribution in [0.2, 0.25) is 0 Å². The maximum atomic E-state index is 11.8. The molecule has 0 unspecified atom stereocenters. The van der Waals surface area contributed by atoms with Crippen molar-refractivity contribution in [1.29, 1.82) is 0 Å². The number of amides is 2. The molecule has 1 aromatic rings. The second-order valence-corrected chi connectivity index (χ2v) is 4.93. The molecule has 0 saturated carbocycles. The predicted molar refractivity (Wildman–Crippen MR) is 71.2 cm³/mol. The Morgan fingerprint density at radius 1 is 1.42 bits per heavy atom. The standard InChI is InChI=1S/C12H16N2O4S/c1-14(12(18)9-4-3-7-19-9)8-10(15)13-6-2-5-11(16)17/h3-4,7H,2,5-6,8H2,1H3,(H,13,15)(H,16,17). The quantitative estimate of drug-likeness (QED) is 0.725. The van der Waals surface area contributed by atoms with Gasteiger partial charge in [0.1, 0.15) is 0 Å². The topological polar surface area (TPSA) is 86.7 Å². The van der Waals surface area contributed by atoms with E-state index in [4.69, 9.17) is 5.11 Å². The van der Waals surface area contributed by atoms with Crippen molar-refractivity contribution in [2.24, 2.45) is 0 Å². The van der Waals surface area contributed by atoms with Crippen LogP contribution in [0.4, 0.5) is 0 Å². The van der Waals surface area contributed by atoms with Crippen molar-refractivity contribution in [1.82, 2.24) is 10.2 Å². The van der Waals surface area contributed by atoms with Gasteiger partial charge in [0.2, 0.25) is 5.91 Å². The largest absolute Gasteiger partial charge is 0.481 e. The van der Waals surface area contributed by atoms with Crippen LogP contribution >= 0.6 is 11.3 Å². The molecule has 0 radical (unpaired) electrons. The smallest absolute Gasteiger partial charge is 0.303 e. The van der Waals surface area contributed by atoms with Crippen molar-refractivity contribution in [3.8, 4) is 0 Å². The summed E-state index contributed by atoms with van der Waals surface area (Å²) < 4.78 is 0. The average molecular weight is 284 g/mol. The number of nitrogens with one attached hydrogen (secondary N) is 1. The van der Waals surface area contributed by atoms with E-state index in [9.17, 15) is 14.4 Å². The normalized spacial score (nSPS) is 9.95. The summed E-state index contributed by atoms with van der Waals surface area (Å²) in [5.74, 6) is -1.38. The highest BCUT2D eigenvalue weighted by Crippen LogP contribution is 2.10. The van der Waals surface area contributed by atoms with E-state index in [0.29, 0.717) is 17.8 Å². The summed E-state index contributed by atoms with van der Waals surface area (Å²) in [5.41, 5.74) is 0. The number of aliphatic carboxylic acids is 1. The second-order valence-electron chi connectivity index (χ2n) is 3.99. The first kappa shape index (κ1) is 15.2. The lowest BCUT2D eigenvalue weighted by Crippen LogP contribution is -2.38. The van der Waals surface area contributed by atoms with Gasteiger partial charge in [-0.15, -0.1) is 11.3 Å². The van der Waals surface area contributed by atoms with E-state index in [-0.39, 0.29) is 24.8 Å². The second kappa shape index (κ2) is 7.52. The summed E-state index contributed by atoms with van der Waals surface area (Å²) in [6.45, 7) is 0.260. The fraction of sp³-hybridized carbons (Fsp3) is 0.417. The van der Waals surface area contributed by atoms with Crippen LogP contribution in [0.5, 0.6) is 0 Å². The molecule has 7 heteroatoms.